The monoisotopic (exact) mass is 213 g/mol. The molecular formula is C11H19NO3. The number of nitrogens with zero attached hydrogens (tertiary/aromatic N) is 1. The molecule has 0 unspecified atom stereocenters. The first-order valence-corrected chi connectivity index (χ1v) is 5.47. The summed E-state index contributed by atoms with van der Waals surface area (Å²) in [7, 11) is 3.17. The van der Waals surface area contributed by atoms with Crippen molar-refractivity contribution < 1.29 is 14.3 Å². The smallest absolute Gasteiger partial charge is 0.306 e. The van der Waals surface area contributed by atoms with E-state index in [1.165, 1.54) is 20.0 Å². The van der Waals surface area contributed by atoms with Crippen molar-refractivity contribution in [2.75, 3.05) is 14.2 Å². The fraction of sp³-hybridized carbons (Fsp3) is 0.818. The van der Waals surface area contributed by atoms with E-state index in [4.69, 9.17) is 0 Å². The van der Waals surface area contributed by atoms with Crippen LogP contribution in [-0.2, 0) is 14.3 Å². The van der Waals surface area contributed by atoms with Crippen molar-refractivity contribution in [1.82, 2.24) is 4.90 Å². The number of carbonyl (C=O) groups is 2. The molecule has 0 radical (unpaired) electrons. The van der Waals surface area contributed by atoms with Gasteiger partial charge in [-0.3, -0.25) is 9.59 Å². The first kappa shape index (κ1) is 12.0. The van der Waals surface area contributed by atoms with Crippen LogP contribution in [-0.4, -0.2) is 37.0 Å². The highest BCUT2D eigenvalue weighted by Crippen LogP contribution is 2.22. The van der Waals surface area contributed by atoms with Crippen molar-refractivity contribution in [2.24, 2.45) is 0 Å². The van der Waals surface area contributed by atoms with Crippen LogP contribution in [0.5, 0.6) is 0 Å². The fourth-order valence-electron chi connectivity index (χ4n) is 1.98. The molecule has 15 heavy (non-hydrogen) atoms. The Morgan fingerprint density at radius 3 is 2.40 bits per heavy atom. The van der Waals surface area contributed by atoms with Gasteiger partial charge in [0.05, 0.1) is 13.5 Å². The standard InChI is InChI=1S/C11H19NO3/c1-12(9-5-3-4-6-9)10(13)7-8-11(14)15-2/h9H,3-8H2,1-2H3. The summed E-state index contributed by atoms with van der Waals surface area (Å²) in [6, 6.07) is 0.384. The highest BCUT2D eigenvalue weighted by Gasteiger charge is 2.23. The molecule has 0 bridgehead atoms. The Labute approximate surface area is 90.6 Å². The van der Waals surface area contributed by atoms with E-state index in [1.807, 2.05) is 7.05 Å². The zero-order valence-corrected chi connectivity index (χ0v) is 9.49. The number of esters is 1. The number of hydrogen-bond acceptors (Lipinski definition) is 3. The van der Waals surface area contributed by atoms with Crippen LogP contribution in [0.1, 0.15) is 38.5 Å². The Bertz CT molecular complexity index is 234. The lowest BCUT2D eigenvalue weighted by molar-refractivity contribution is -0.143. The van der Waals surface area contributed by atoms with Crippen LogP contribution in [0.25, 0.3) is 0 Å². The molecule has 1 fully saturated rings. The second-order valence-corrected chi connectivity index (χ2v) is 4.02. The van der Waals surface area contributed by atoms with Gasteiger partial charge in [-0.2, -0.15) is 0 Å². The van der Waals surface area contributed by atoms with Crippen LogP contribution in [0.3, 0.4) is 0 Å². The lowest BCUT2D eigenvalue weighted by atomic mass is 10.2. The average Bonchev–Trinajstić information content (AvgIpc) is 2.77. The Hall–Kier alpha value is -1.06. The van der Waals surface area contributed by atoms with E-state index in [2.05, 4.69) is 4.74 Å². The summed E-state index contributed by atoms with van der Waals surface area (Å²) in [4.78, 5) is 24.3. The minimum Gasteiger partial charge on any atom is -0.469 e. The van der Waals surface area contributed by atoms with Gasteiger partial charge in [0.2, 0.25) is 5.91 Å². The van der Waals surface area contributed by atoms with E-state index in [9.17, 15) is 9.59 Å². The Balaban J connectivity index is 2.29. The van der Waals surface area contributed by atoms with Gasteiger partial charge in [-0.15, -0.1) is 0 Å². The van der Waals surface area contributed by atoms with Gasteiger partial charge in [0.1, 0.15) is 0 Å². The van der Waals surface area contributed by atoms with Crippen molar-refractivity contribution in [3.05, 3.63) is 0 Å². The normalized spacial score (nSPS) is 16.4. The minimum absolute atomic E-state index is 0.0484. The largest absolute Gasteiger partial charge is 0.469 e. The summed E-state index contributed by atoms with van der Waals surface area (Å²) >= 11 is 0. The van der Waals surface area contributed by atoms with E-state index in [0.717, 1.165) is 12.8 Å². The van der Waals surface area contributed by atoms with Crippen LogP contribution in [0.2, 0.25) is 0 Å². The van der Waals surface area contributed by atoms with Gasteiger partial charge < -0.3 is 9.64 Å². The van der Waals surface area contributed by atoms with Gasteiger partial charge in [-0.05, 0) is 12.8 Å². The minimum atomic E-state index is -0.317. The average molecular weight is 213 g/mol. The zero-order valence-electron chi connectivity index (χ0n) is 9.49. The predicted octanol–water partition coefficient (Wildman–Crippen LogP) is 1.34. The Morgan fingerprint density at radius 1 is 1.27 bits per heavy atom. The quantitative estimate of drug-likeness (QED) is 0.662. The maximum atomic E-state index is 11.7. The van der Waals surface area contributed by atoms with Gasteiger partial charge in [0.25, 0.3) is 0 Å². The molecule has 4 heteroatoms. The Morgan fingerprint density at radius 2 is 1.87 bits per heavy atom. The number of carbonyl (C=O) groups excluding carboxylic acids is 2. The molecule has 1 aliphatic carbocycles. The molecule has 1 rings (SSSR count). The molecule has 1 saturated carbocycles. The maximum absolute atomic E-state index is 11.7. The van der Waals surface area contributed by atoms with Gasteiger partial charge in [-0.25, -0.2) is 0 Å². The zero-order chi connectivity index (χ0) is 11.3. The number of hydrogen-bond donors (Lipinski definition) is 0. The first-order chi connectivity index (χ1) is 7.15. The van der Waals surface area contributed by atoms with Crippen molar-refractivity contribution >= 4 is 11.9 Å². The van der Waals surface area contributed by atoms with Gasteiger partial charge in [0, 0.05) is 19.5 Å². The van der Waals surface area contributed by atoms with Gasteiger partial charge in [-0.1, -0.05) is 12.8 Å². The number of amides is 1. The summed E-state index contributed by atoms with van der Waals surface area (Å²) in [5.74, 6) is -0.268. The van der Waals surface area contributed by atoms with Crippen LogP contribution in [0, 0.1) is 0 Å². The van der Waals surface area contributed by atoms with Crippen molar-refractivity contribution in [3.63, 3.8) is 0 Å². The second-order valence-electron chi connectivity index (χ2n) is 4.02. The van der Waals surface area contributed by atoms with Crippen molar-refractivity contribution in [1.29, 1.82) is 0 Å². The van der Waals surface area contributed by atoms with E-state index in [-0.39, 0.29) is 24.7 Å². The lowest BCUT2D eigenvalue weighted by Gasteiger charge is -2.24. The molecule has 1 aliphatic rings. The summed E-state index contributed by atoms with van der Waals surface area (Å²) in [5, 5.41) is 0. The molecule has 0 saturated heterocycles. The molecule has 0 heterocycles. The molecule has 86 valence electrons. The molecule has 0 aromatic rings. The number of rotatable bonds is 4. The number of ether oxygens (including phenoxy) is 1. The molecule has 0 N–H and O–H groups in total. The highest BCUT2D eigenvalue weighted by atomic mass is 16.5. The van der Waals surface area contributed by atoms with E-state index in [0.29, 0.717) is 6.04 Å². The van der Waals surface area contributed by atoms with E-state index >= 15 is 0 Å². The summed E-state index contributed by atoms with van der Waals surface area (Å²) in [6.45, 7) is 0. The van der Waals surface area contributed by atoms with Gasteiger partial charge in [0.15, 0.2) is 0 Å². The topological polar surface area (TPSA) is 46.6 Å². The van der Waals surface area contributed by atoms with E-state index in [1.54, 1.807) is 4.90 Å². The molecule has 0 aromatic carbocycles. The Kier molecular flexibility index (Phi) is 4.59. The summed E-state index contributed by atoms with van der Waals surface area (Å²) < 4.78 is 4.50. The van der Waals surface area contributed by atoms with Crippen LogP contribution < -0.4 is 0 Å². The maximum Gasteiger partial charge on any atom is 0.306 e. The van der Waals surface area contributed by atoms with Crippen molar-refractivity contribution in [3.8, 4) is 0 Å². The highest BCUT2D eigenvalue weighted by molar-refractivity contribution is 5.81. The van der Waals surface area contributed by atoms with Crippen LogP contribution in [0.4, 0.5) is 0 Å². The van der Waals surface area contributed by atoms with Crippen LogP contribution in [0.15, 0.2) is 0 Å². The third kappa shape index (κ3) is 3.53. The molecule has 0 aliphatic heterocycles. The van der Waals surface area contributed by atoms with Crippen molar-refractivity contribution in [2.45, 2.75) is 44.6 Å². The molecule has 0 spiro atoms. The first-order valence-electron chi connectivity index (χ1n) is 5.47. The molecule has 1 amide bonds. The molecule has 4 nitrogen and oxygen atoms in total. The third-order valence-electron chi connectivity index (χ3n) is 3.04. The van der Waals surface area contributed by atoms with Gasteiger partial charge >= 0.3 is 5.97 Å². The fourth-order valence-corrected chi connectivity index (χ4v) is 1.98. The third-order valence-corrected chi connectivity index (χ3v) is 3.04. The van der Waals surface area contributed by atoms with Crippen LogP contribution >= 0.6 is 0 Å². The SMILES string of the molecule is COC(=O)CCC(=O)N(C)C1CCCC1. The summed E-state index contributed by atoms with van der Waals surface area (Å²) in [5.41, 5.74) is 0. The molecular weight excluding hydrogens is 194 g/mol. The number of methoxy groups -OCH3 is 1. The lowest BCUT2D eigenvalue weighted by Crippen LogP contribution is -2.35. The van der Waals surface area contributed by atoms with E-state index < -0.39 is 0 Å². The molecule has 0 aromatic heterocycles. The summed E-state index contributed by atoms with van der Waals surface area (Å²) in [6.07, 6.45) is 5.06. The molecule has 0 atom stereocenters. The predicted molar refractivity (Wildman–Crippen MR) is 56.3 cm³/mol. The second kappa shape index (κ2) is 5.73.